The summed E-state index contributed by atoms with van der Waals surface area (Å²) in [4.78, 5) is 43.5. The number of rotatable bonds is 8. The van der Waals surface area contributed by atoms with Gasteiger partial charge in [-0.3, -0.25) is 14.5 Å². The average molecular weight is 598 g/mol. The number of carbonyl (C=O) groups excluding carboxylic acids is 2. The highest BCUT2D eigenvalue weighted by Gasteiger charge is 2.32. The minimum absolute atomic E-state index is 0.00959. The Morgan fingerprint density at radius 1 is 1.10 bits per heavy atom. The van der Waals surface area contributed by atoms with E-state index in [0.717, 1.165) is 28.8 Å². The van der Waals surface area contributed by atoms with Crippen LogP contribution < -0.4 is 5.32 Å². The third-order valence-electron chi connectivity index (χ3n) is 5.77. The number of carboxylic acids is 1. The van der Waals surface area contributed by atoms with E-state index < -0.39 is 23.5 Å². The molecule has 2 aromatic carbocycles. The van der Waals surface area contributed by atoms with Gasteiger partial charge in [0.15, 0.2) is 11.6 Å². The van der Waals surface area contributed by atoms with Gasteiger partial charge in [0.1, 0.15) is 17.0 Å². The Hall–Kier alpha value is -4.27. The van der Waals surface area contributed by atoms with Crippen LogP contribution >= 0.6 is 35.3 Å². The number of hydrogen-bond acceptors (Lipinski definition) is 8. The smallest absolute Gasteiger partial charge is 0.335 e. The van der Waals surface area contributed by atoms with Crippen molar-refractivity contribution in [3.8, 4) is 16.8 Å². The van der Waals surface area contributed by atoms with Gasteiger partial charge in [0, 0.05) is 17.8 Å². The Kier molecular flexibility index (Phi) is 7.82. The second-order valence-electron chi connectivity index (χ2n) is 8.38. The number of amides is 2. The lowest BCUT2D eigenvalue weighted by atomic mass is 10.1. The molecule has 1 aliphatic rings. The van der Waals surface area contributed by atoms with Gasteiger partial charge in [-0.15, -0.1) is 11.3 Å². The molecule has 2 amide bonds. The fourth-order valence-electron chi connectivity index (χ4n) is 3.81. The first kappa shape index (κ1) is 27.3. The molecule has 202 valence electrons. The lowest BCUT2D eigenvalue weighted by Gasteiger charge is -2.15. The molecule has 0 aliphatic carbocycles. The second-order valence-corrected chi connectivity index (χ2v) is 11.0. The maximum absolute atomic E-state index is 13.6. The molecule has 0 atom stereocenters. The highest BCUT2D eigenvalue weighted by molar-refractivity contribution is 8.26. The number of anilines is 1. The van der Waals surface area contributed by atoms with E-state index in [4.69, 9.17) is 12.2 Å². The number of carbonyl (C=O) groups is 3. The first-order chi connectivity index (χ1) is 19.2. The van der Waals surface area contributed by atoms with Crippen molar-refractivity contribution >= 4 is 69.2 Å². The van der Waals surface area contributed by atoms with Gasteiger partial charge in [-0.1, -0.05) is 30.0 Å². The van der Waals surface area contributed by atoms with Gasteiger partial charge in [0.2, 0.25) is 5.91 Å². The third-order valence-corrected chi connectivity index (χ3v) is 8.02. The summed E-state index contributed by atoms with van der Waals surface area (Å²) in [6.45, 7) is 0.00959. The largest absolute Gasteiger partial charge is 0.478 e. The maximum Gasteiger partial charge on any atom is 0.335 e. The summed E-state index contributed by atoms with van der Waals surface area (Å²) < 4.78 is 28.5. The predicted octanol–water partition coefficient (Wildman–Crippen LogP) is 5.20. The Labute approximate surface area is 239 Å². The maximum atomic E-state index is 13.6. The van der Waals surface area contributed by atoms with Crippen molar-refractivity contribution in [1.82, 2.24) is 19.7 Å². The Morgan fingerprint density at radius 3 is 2.65 bits per heavy atom. The Bertz CT molecular complexity index is 1690. The van der Waals surface area contributed by atoms with Gasteiger partial charge in [0.25, 0.3) is 5.91 Å². The molecule has 1 aliphatic heterocycles. The van der Waals surface area contributed by atoms with Gasteiger partial charge in [-0.05, 0) is 59.0 Å². The predicted molar refractivity (Wildman–Crippen MR) is 151 cm³/mol. The average Bonchev–Trinajstić information content (AvgIpc) is 3.67. The van der Waals surface area contributed by atoms with E-state index >= 15 is 0 Å². The van der Waals surface area contributed by atoms with Crippen LogP contribution in [0.25, 0.3) is 22.9 Å². The minimum Gasteiger partial charge on any atom is -0.478 e. The highest BCUT2D eigenvalue weighted by atomic mass is 32.2. The number of aromatic nitrogens is 3. The number of nitrogens with one attached hydrogen (secondary N) is 1. The molecule has 40 heavy (non-hydrogen) atoms. The molecule has 9 nitrogen and oxygen atoms in total. The van der Waals surface area contributed by atoms with Crippen molar-refractivity contribution in [2.75, 3.05) is 11.9 Å². The molecule has 0 saturated carbocycles. The topological polar surface area (TPSA) is 117 Å². The molecule has 0 bridgehead atoms. The zero-order valence-electron chi connectivity index (χ0n) is 20.2. The lowest BCUT2D eigenvalue weighted by molar-refractivity contribution is -0.122. The van der Waals surface area contributed by atoms with Crippen molar-refractivity contribution in [2.24, 2.45) is 0 Å². The Morgan fingerprint density at radius 2 is 1.93 bits per heavy atom. The molecule has 5 rings (SSSR count). The second kappa shape index (κ2) is 11.5. The van der Waals surface area contributed by atoms with Crippen LogP contribution in [0.15, 0.2) is 65.4 Å². The normalized spacial score (nSPS) is 14.2. The lowest BCUT2D eigenvalue weighted by Crippen LogP contribution is -2.31. The van der Waals surface area contributed by atoms with E-state index in [1.807, 2.05) is 0 Å². The van der Waals surface area contributed by atoms with E-state index in [-0.39, 0.29) is 34.4 Å². The van der Waals surface area contributed by atoms with Crippen LogP contribution in [0.2, 0.25) is 0 Å². The van der Waals surface area contributed by atoms with Crippen molar-refractivity contribution in [2.45, 2.75) is 6.42 Å². The molecule has 0 unspecified atom stereocenters. The van der Waals surface area contributed by atoms with Gasteiger partial charge in [-0.2, -0.15) is 5.10 Å². The van der Waals surface area contributed by atoms with Crippen LogP contribution in [-0.4, -0.2) is 53.4 Å². The third kappa shape index (κ3) is 5.83. The molecule has 4 aromatic rings. The van der Waals surface area contributed by atoms with Crippen molar-refractivity contribution in [3.63, 3.8) is 0 Å². The standard InChI is InChI=1S/C26H17F2N5O4S3/c27-18-3-1-14(8-19(18)28)16-7-17(39-11-16)10-22-24(35)32(26(38)40-22)6-5-23(34)31-20-9-15(25(36)37)2-4-21(20)33-13-29-12-30-33/h1-4,7-13H,5-6H2,(H,31,34)(H,36,37)/b22-10-. The van der Waals surface area contributed by atoms with Crippen LogP contribution in [0.4, 0.5) is 14.5 Å². The van der Waals surface area contributed by atoms with Crippen molar-refractivity contribution < 1.29 is 28.3 Å². The van der Waals surface area contributed by atoms with Crippen LogP contribution in [0, 0.1) is 11.6 Å². The van der Waals surface area contributed by atoms with Crippen molar-refractivity contribution in [1.29, 1.82) is 0 Å². The molecule has 14 heteroatoms. The van der Waals surface area contributed by atoms with E-state index in [2.05, 4.69) is 15.4 Å². The fourth-order valence-corrected chi connectivity index (χ4v) is 6.03. The van der Waals surface area contributed by atoms with Gasteiger partial charge >= 0.3 is 5.97 Å². The number of thiocarbonyl (C=S) groups is 1. The van der Waals surface area contributed by atoms with E-state index in [9.17, 15) is 28.3 Å². The number of thioether (sulfide) groups is 1. The van der Waals surface area contributed by atoms with Crippen molar-refractivity contribution in [3.05, 3.63) is 87.5 Å². The summed E-state index contributed by atoms with van der Waals surface area (Å²) in [6, 6.07) is 9.60. The number of halogens is 2. The number of aromatic carboxylic acids is 1. The molecule has 2 N–H and O–H groups in total. The molecule has 2 aromatic heterocycles. The molecule has 0 radical (unpaired) electrons. The van der Waals surface area contributed by atoms with Gasteiger partial charge in [0.05, 0.1) is 21.8 Å². The summed E-state index contributed by atoms with van der Waals surface area (Å²) in [5.41, 5.74) is 1.80. The van der Waals surface area contributed by atoms with Crippen LogP contribution in [0.1, 0.15) is 21.7 Å². The summed E-state index contributed by atoms with van der Waals surface area (Å²) in [7, 11) is 0. The molecule has 1 fully saturated rings. The zero-order chi connectivity index (χ0) is 28.4. The summed E-state index contributed by atoms with van der Waals surface area (Å²) in [5.74, 6) is -3.86. The SMILES string of the molecule is O=C(CCN1C(=O)/C(=C/c2cc(-c3ccc(F)c(F)c3)cs2)SC1=S)Nc1cc(C(=O)O)ccc1-n1cncn1. The van der Waals surface area contributed by atoms with Gasteiger partial charge < -0.3 is 10.4 Å². The number of hydrogen-bond donors (Lipinski definition) is 2. The molecular formula is C26H17F2N5O4S3. The van der Waals surface area contributed by atoms with E-state index in [1.165, 1.54) is 57.8 Å². The number of nitrogens with zero attached hydrogens (tertiary/aromatic N) is 4. The summed E-state index contributed by atoms with van der Waals surface area (Å²) >= 11 is 7.79. The quantitative estimate of drug-likeness (QED) is 0.210. The fraction of sp³-hybridized carbons (Fsp3) is 0.0769. The number of carboxylic acid groups (broad SMARTS) is 1. The Balaban J connectivity index is 1.25. The molecule has 3 heterocycles. The molecule has 1 saturated heterocycles. The zero-order valence-corrected chi connectivity index (χ0v) is 22.7. The first-order valence-corrected chi connectivity index (χ1v) is 13.6. The van der Waals surface area contributed by atoms with E-state index in [0.29, 0.717) is 21.7 Å². The van der Waals surface area contributed by atoms with Crippen LogP contribution in [-0.2, 0) is 9.59 Å². The summed E-state index contributed by atoms with van der Waals surface area (Å²) in [6.07, 6.45) is 4.27. The highest BCUT2D eigenvalue weighted by Crippen LogP contribution is 2.35. The summed E-state index contributed by atoms with van der Waals surface area (Å²) in [5, 5.41) is 17.8. The van der Waals surface area contributed by atoms with E-state index in [1.54, 1.807) is 17.5 Å². The molecular weight excluding hydrogens is 581 g/mol. The number of thiophene rings is 1. The van der Waals surface area contributed by atoms with Gasteiger partial charge in [-0.25, -0.2) is 23.2 Å². The minimum atomic E-state index is -1.16. The van der Waals surface area contributed by atoms with Crippen LogP contribution in [0.3, 0.4) is 0 Å². The monoisotopic (exact) mass is 597 g/mol. The van der Waals surface area contributed by atoms with Crippen LogP contribution in [0.5, 0.6) is 0 Å². The first-order valence-electron chi connectivity index (χ1n) is 11.5. The number of benzene rings is 2. The molecule has 0 spiro atoms.